The molecule has 0 aliphatic rings. The van der Waals surface area contributed by atoms with E-state index in [1.807, 2.05) is 0 Å². The van der Waals surface area contributed by atoms with Gasteiger partial charge < -0.3 is 19.9 Å². The van der Waals surface area contributed by atoms with Crippen LogP contribution < -0.4 is 10.2 Å². The Hall–Kier alpha value is -2.74. The lowest BCUT2D eigenvalue weighted by Crippen LogP contribution is -2.44. The predicted octanol–water partition coefficient (Wildman–Crippen LogP) is 3.62. The van der Waals surface area contributed by atoms with Crippen LogP contribution in [0.2, 0.25) is 5.02 Å². The third kappa shape index (κ3) is 7.48. The summed E-state index contributed by atoms with van der Waals surface area (Å²) in [6.45, 7) is 8.57. The summed E-state index contributed by atoms with van der Waals surface area (Å²) in [7, 11) is 1.50. The second-order valence-corrected chi connectivity index (χ2v) is 7.36. The van der Waals surface area contributed by atoms with Crippen molar-refractivity contribution in [2.24, 2.45) is 0 Å². The molecule has 0 radical (unpaired) electrons. The van der Waals surface area contributed by atoms with Gasteiger partial charge in [-0.3, -0.25) is 4.90 Å². The number of hydrogen-bond donors (Lipinski definition) is 2. The summed E-state index contributed by atoms with van der Waals surface area (Å²) in [6, 6.07) is 3.51. The zero-order valence-corrected chi connectivity index (χ0v) is 17.1. The van der Waals surface area contributed by atoms with Crippen LogP contribution in [0.3, 0.4) is 0 Å². The number of halogens is 1. The molecule has 9 heteroatoms. The number of carbonyl (C=O) groups excluding carboxylic acids is 2. The van der Waals surface area contributed by atoms with Crippen LogP contribution in [0.1, 0.15) is 26.3 Å². The van der Waals surface area contributed by atoms with Gasteiger partial charge in [-0.25, -0.2) is 14.4 Å². The Labute approximate surface area is 169 Å². The van der Waals surface area contributed by atoms with Gasteiger partial charge in [0.15, 0.2) is 0 Å². The number of hydrogen-bond acceptors (Lipinski definition) is 5. The first-order valence-corrected chi connectivity index (χ1v) is 8.84. The largest absolute Gasteiger partial charge is 0.480 e. The molecule has 0 aliphatic heterocycles. The van der Waals surface area contributed by atoms with Crippen LogP contribution in [0.5, 0.6) is 0 Å². The van der Waals surface area contributed by atoms with E-state index in [1.165, 1.54) is 24.1 Å². The summed E-state index contributed by atoms with van der Waals surface area (Å²) in [5.41, 5.74) is 0.208. The average Bonchev–Trinajstić information content (AvgIpc) is 2.56. The van der Waals surface area contributed by atoms with Crippen LogP contribution in [0.4, 0.5) is 15.3 Å². The SMILES string of the molecule is C=CCOC(=O)N(C)c1ccc(C[C@@H](NC(=O)OC(C)(C)C)C(=O)O)cc1Cl. The molecule has 0 saturated carbocycles. The number of anilines is 1. The maximum Gasteiger partial charge on any atom is 0.414 e. The highest BCUT2D eigenvalue weighted by atomic mass is 35.5. The van der Waals surface area contributed by atoms with Crippen LogP contribution >= 0.6 is 11.6 Å². The summed E-state index contributed by atoms with van der Waals surface area (Å²) < 4.78 is 10.0. The fourth-order valence-corrected chi connectivity index (χ4v) is 2.49. The summed E-state index contributed by atoms with van der Waals surface area (Å²) in [5.74, 6) is -1.21. The number of ether oxygens (including phenoxy) is 2. The van der Waals surface area contributed by atoms with E-state index in [0.29, 0.717) is 11.3 Å². The fraction of sp³-hybridized carbons (Fsp3) is 0.421. The van der Waals surface area contributed by atoms with Crippen LogP contribution in [0.25, 0.3) is 0 Å². The Balaban J connectivity index is 2.88. The highest BCUT2D eigenvalue weighted by Gasteiger charge is 2.25. The number of carboxylic acid groups (broad SMARTS) is 1. The van der Waals surface area contributed by atoms with Crippen molar-refractivity contribution in [3.8, 4) is 0 Å². The molecular weight excluding hydrogens is 388 g/mol. The van der Waals surface area contributed by atoms with E-state index >= 15 is 0 Å². The molecule has 8 nitrogen and oxygen atoms in total. The van der Waals surface area contributed by atoms with Crippen LogP contribution in [-0.2, 0) is 20.7 Å². The third-order valence-electron chi connectivity index (χ3n) is 3.40. The van der Waals surface area contributed by atoms with E-state index in [0.717, 1.165) is 0 Å². The molecular formula is C19H25ClN2O6. The highest BCUT2D eigenvalue weighted by Crippen LogP contribution is 2.27. The summed E-state index contributed by atoms with van der Waals surface area (Å²) in [4.78, 5) is 36.4. The van der Waals surface area contributed by atoms with Crippen molar-refractivity contribution in [2.75, 3.05) is 18.6 Å². The van der Waals surface area contributed by atoms with Crippen LogP contribution in [0, 0.1) is 0 Å². The predicted molar refractivity (Wildman–Crippen MR) is 106 cm³/mol. The van der Waals surface area contributed by atoms with Gasteiger partial charge in [-0.05, 0) is 38.5 Å². The van der Waals surface area contributed by atoms with Gasteiger partial charge in [0.2, 0.25) is 0 Å². The van der Waals surface area contributed by atoms with Gasteiger partial charge in [-0.1, -0.05) is 30.3 Å². The summed E-state index contributed by atoms with van der Waals surface area (Å²) in [6.07, 6.45) is -0.00354. The molecule has 2 amide bonds. The van der Waals surface area contributed by atoms with E-state index in [-0.39, 0.29) is 18.1 Å². The molecule has 1 aromatic rings. The number of nitrogens with zero attached hydrogens (tertiary/aromatic N) is 1. The molecule has 0 saturated heterocycles. The Morgan fingerprint density at radius 2 is 2.00 bits per heavy atom. The summed E-state index contributed by atoms with van der Waals surface area (Å²) in [5, 5.41) is 11.9. The molecule has 28 heavy (non-hydrogen) atoms. The molecule has 0 fully saturated rings. The van der Waals surface area contributed by atoms with Gasteiger partial charge in [-0.2, -0.15) is 0 Å². The zero-order chi connectivity index (χ0) is 21.5. The van der Waals surface area contributed by atoms with Gasteiger partial charge in [0.25, 0.3) is 0 Å². The highest BCUT2D eigenvalue weighted by molar-refractivity contribution is 6.33. The average molecular weight is 413 g/mol. The molecule has 0 aromatic heterocycles. The van der Waals surface area contributed by atoms with Gasteiger partial charge in [0, 0.05) is 13.5 Å². The smallest absolute Gasteiger partial charge is 0.414 e. The molecule has 0 bridgehead atoms. The molecule has 0 spiro atoms. The van der Waals surface area contributed by atoms with Crippen molar-refractivity contribution < 1.29 is 29.0 Å². The van der Waals surface area contributed by atoms with Crippen molar-refractivity contribution in [3.63, 3.8) is 0 Å². The lowest BCUT2D eigenvalue weighted by Gasteiger charge is -2.22. The van der Waals surface area contributed by atoms with Crippen molar-refractivity contribution >= 4 is 35.4 Å². The number of nitrogens with one attached hydrogen (secondary N) is 1. The van der Waals surface area contributed by atoms with Crippen molar-refractivity contribution in [3.05, 3.63) is 41.4 Å². The molecule has 0 aliphatic carbocycles. The molecule has 0 unspecified atom stereocenters. The monoisotopic (exact) mass is 412 g/mol. The Kier molecular flexibility index (Phi) is 8.31. The van der Waals surface area contributed by atoms with Gasteiger partial charge in [-0.15, -0.1) is 0 Å². The topological polar surface area (TPSA) is 105 Å². The number of carboxylic acids is 1. The quantitative estimate of drug-likeness (QED) is 0.662. The number of aliphatic carboxylic acids is 1. The molecule has 1 rings (SSSR count). The van der Waals surface area contributed by atoms with Gasteiger partial charge >= 0.3 is 18.2 Å². The minimum Gasteiger partial charge on any atom is -0.480 e. The van der Waals surface area contributed by atoms with Gasteiger partial charge in [0.05, 0.1) is 10.7 Å². The van der Waals surface area contributed by atoms with Crippen molar-refractivity contribution in [1.29, 1.82) is 0 Å². The van der Waals surface area contributed by atoms with Crippen molar-refractivity contribution in [2.45, 2.75) is 38.8 Å². The number of benzene rings is 1. The Morgan fingerprint density at radius 1 is 1.36 bits per heavy atom. The normalized spacial score (nSPS) is 11.9. The summed E-state index contributed by atoms with van der Waals surface area (Å²) >= 11 is 6.23. The second kappa shape index (κ2) is 9.98. The first-order chi connectivity index (χ1) is 12.9. The van der Waals surface area contributed by atoms with E-state index < -0.39 is 29.8 Å². The standard InChI is InChI=1S/C19H25ClN2O6/c1-6-9-27-18(26)22(5)15-8-7-12(10-13(15)20)11-14(16(23)24)21-17(25)28-19(2,3)4/h6-8,10,14H,1,9,11H2,2-5H3,(H,21,25)(H,23,24)/t14-/m1/s1. The third-order valence-corrected chi connectivity index (χ3v) is 3.70. The lowest BCUT2D eigenvalue weighted by atomic mass is 10.1. The van der Waals surface area contributed by atoms with E-state index in [1.54, 1.807) is 32.9 Å². The van der Waals surface area contributed by atoms with Gasteiger partial charge in [0.1, 0.15) is 18.2 Å². The van der Waals surface area contributed by atoms with E-state index in [9.17, 15) is 19.5 Å². The lowest BCUT2D eigenvalue weighted by molar-refractivity contribution is -0.139. The zero-order valence-electron chi connectivity index (χ0n) is 16.3. The first kappa shape index (κ1) is 23.3. The number of amides is 2. The molecule has 154 valence electrons. The molecule has 1 atom stereocenters. The van der Waals surface area contributed by atoms with E-state index in [2.05, 4.69) is 11.9 Å². The van der Waals surface area contributed by atoms with Crippen molar-refractivity contribution in [1.82, 2.24) is 5.32 Å². The Morgan fingerprint density at radius 3 is 2.50 bits per heavy atom. The second-order valence-electron chi connectivity index (χ2n) is 6.95. The number of carbonyl (C=O) groups is 3. The molecule has 0 heterocycles. The Bertz CT molecular complexity index is 744. The number of rotatable bonds is 7. The van der Waals surface area contributed by atoms with Crippen LogP contribution in [0.15, 0.2) is 30.9 Å². The minimum absolute atomic E-state index is 0.0147. The number of alkyl carbamates (subject to hydrolysis) is 1. The molecule has 1 aromatic carbocycles. The van der Waals surface area contributed by atoms with E-state index in [4.69, 9.17) is 21.1 Å². The first-order valence-electron chi connectivity index (χ1n) is 8.46. The minimum atomic E-state index is -1.21. The maximum absolute atomic E-state index is 11.9. The fourth-order valence-electron chi connectivity index (χ4n) is 2.16. The molecule has 2 N–H and O–H groups in total. The maximum atomic E-state index is 11.9. The van der Waals surface area contributed by atoms with Crippen LogP contribution in [-0.4, -0.2) is 48.6 Å².